The van der Waals surface area contributed by atoms with Gasteiger partial charge in [-0.2, -0.15) is 11.3 Å². The maximum atomic E-state index is 11.6. The lowest BCUT2D eigenvalue weighted by Gasteiger charge is -2.37. The van der Waals surface area contributed by atoms with Crippen molar-refractivity contribution >= 4 is 80.4 Å². The Morgan fingerprint density at radius 1 is 0.382 bits per heavy atom. The monoisotopic (exact) mass is 732 g/mol. The van der Waals surface area contributed by atoms with E-state index in [1.54, 1.807) is 0 Å². The summed E-state index contributed by atoms with van der Waals surface area (Å²) in [6, 6.07) is 51.7. The predicted molar refractivity (Wildman–Crippen MR) is 231 cm³/mol. The van der Waals surface area contributed by atoms with Crippen molar-refractivity contribution in [3.63, 3.8) is 0 Å². The second-order valence-electron chi connectivity index (χ2n) is 16.0. The second-order valence-corrected chi connectivity index (χ2v) is 17.1. The van der Waals surface area contributed by atoms with Crippen molar-refractivity contribution in [2.75, 3.05) is 19.2 Å². The molecule has 9 heteroatoms. The van der Waals surface area contributed by atoms with Gasteiger partial charge in [-0.05, 0) is 76.2 Å². The Kier molecular flexibility index (Phi) is 6.77. The van der Waals surface area contributed by atoms with E-state index < -0.39 is 11.2 Å². The molecule has 0 unspecified atom stereocenters. The van der Waals surface area contributed by atoms with Crippen LogP contribution in [-0.2, 0) is 11.2 Å². The van der Waals surface area contributed by atoms with Crippen molar-refractivity contribution in [3.05, 3.63) is 157 Å². The van der Waals surface area contributed by atoms with Crippen molar-refractivity contribution in [1.82, 2.24) is 0 Å². The molecule has 6 nitrogen and oxygen atoms in total. The smallest absolute Gasteiger partial charge is 0.386 e. The third kappa shape index (κ3) is 4.46. The summed E-state index contributed by atoms with van der Waals surface area (Å²) >= 11 is 1.89. The molecule has 0 aliphatic carbocycles. The molecule has 7 aromatic rings. The lowest BCUT2D eigenvalue weighted by Crippen LogP contribution is -2.55. The van der Waals surface area contributed by atoms with Gasteiger partial charge in [0.05, 0.1) is 34.0 Å². The number of hydrogen-bond acceptors (Lipinski definition) is 7. The van der Waals surface area contributed by atoms with Crippen molar-refractivity contribution in [2.24, 2.45) is 0 Å². The zero-order chi connectivity index (χ0) is 37.4. The SMILES string of the molecule is CC(C)(O)c1ccccc1N1B2c3sc4c(c3-c3ccccc3N2c2ccccc21)-c1ccccc1N1B4N(c2ccccc2C(C)(C)O)c2ccccc21. The molecule has 4 aliphatic heterocycles. The van der Waals surface area contributed by atoms with E-state index in [2.05, 4.69) is 153 Å². The molecule has 1 aromatic heterocycles. The van der Waals surface area contributed by atoms with E-state index in [1.807, 2.05) is 51.2 Å². The predicted octanol–water partition coefficient (Wildman–Crippen LogP) is 9.53. The fourth-order valence-electron chi connectivity index (χ4n) is 9.57. The average Bonchev–Trinajstić information content (AvgIpc) is 3.86. The van der Waals surface area contributed by atoms with Crippen LogP contribution in [-0.4, -0.2) is 24.2 Å². The third-order valence-electron chi connectivity index (χ3n) is 11.7. The average molecular weight is 733 g/mol. The van der Waals surface area contributed by atoms with E-state index in [0.29, 0.717) is 0 Å². The van der Waals surface area contributed by atoms with Crippen molar-refractivity contribution in [2.45, 2.75) is 38.9 Å². The van der Waals surface area contributed by atoms with Gasteiger partial charge < -0.3 is 29.5 Å². The van der Waals surface area contributed by atoms with Crippen LogP contribution in [0.4, 0.5) is 45.5 Å². The zero-order valence-corrected chi connectivity index (χ0v) is 31.9. The third-order valence-corrected chi connectivity index (χ3v) is 13.0. The van der Waals surface area contributed by atoms with Crippen molar-refractivity contribution < 1.29 is 10.2 Å². The Balaban J connectivity index is 1.24. The lowest BCUT2D eigenvalue weighted by atomic mass is 9.60. The first-order chi connectivity index (χ1) is 26.6. The molecule has 0 bridgehead atoms. The van der Waals surface area contributed by atoms with Gasteiger partial charge in [-0.3, -0.25) is 0 Å². The quantitative estimate of drug-likeness (QED) is 0.176. The van der Waals surface area contributed by atoms with E-state index in [1.165, 1.54) is 31.8 Å². The zero-order valence-electron chi connectivity index (χ0n) is 31.1. The number of rotatable bonds is 4. The van der Waals surface area contributed by atoms with Crippen LogP contribution in [0.2, 0.25) is 0 Å². The van der Waals surface area contributed by atoms with Crippen LogP contribution in [0.3, 0.4) is 0 Å². The summed E-state index contributed by atoms with van der Waals surface area (Å²) in [5.74, 6) is 0. The van der Waals surface area contributed by atoms with Gasteiger partial charge >= 0.3 is 14.0 Å². The van der Waals surface area contributed by atoms with Crippen molar-refractivity contribution in [1.29, 1.82) is 0 Å². The van der Waals surface area contributed by atoms with Gasteiger partial charge in [0, 0.05) is 65.7 Å². The highest BCUT2D eigenvalue weighted by Crippen LogP contribution is 2.58. The minimum atomic E-state index is -1.06. The summed E-state index contributed by atoms with van der Waals surface area (Å²) < 4.78 is 2.52. The highest BCUT2D eigenvalue weighted by atomic mass is 32.1. The van der Waals surface area contributed by atoms with Gasteiger partial charge in [-0.15, -0.1) is 0 Å². The van der Waals surface area contributed by atoms with Crippen molar-refractivity contribution in [3.8, 4) is 22.3 Å². The van der Waals surface area contributed by atoms with Crippen LogP contribution in [0.1, 0.15) is 38.8 Å². The van der Waals surface area contributed by atoms with Gasteiger partial charge in [0.15, 0.2) is 0 Å². The summed E-state index contributed by atoms with van der Waals surface area (Å²) in [5, 5.41) is 23.2. The van der Waals surface area contributed by atoms with E-state index in [4.69, 9.17) is 0 Å². The molecule has 0 saturated heterocycles. The number of benzene rings is 6. The molecule has 4 aliphatic rings. The van der Waals surface area contributed by atoms with E-state index in [-0.39, 0.29) is 14.0 Å². The standard InChI is InChI=1S/C46H38B2N4O2S/c1-45(2,53)31-19-7-11-23-35(31)51-39-27-15-13-25-37(39)49-33-21-9-5-17-29(33)41-42-30-18-6-10-22-34(30)50-38-26-14-16-28-40(38)52(48(50)44(42)55-43(41)47(49)51)36-24-12-8-20-32(36)46(3,4)54/h5-28,53-54H,1-4H3. The molecule has 11 rings (SSSR count). The topological polar surface area (TPSA) is 53.4 Å². The van der Waals surface area contributed by atoms with Crippen LogP contribution in [0.15, 0.2) is 146 Å². The van der Waals surface area contributed by atoms with Crippen LogP contribution in [0.5, 0.6) is 0 Å². The lowest BCUT2D eigenvalue weighted by molar-refractivity contribution is 0.0786. The van der Waals surface area contributed by atoms with Gasteiger partial charge in [-0.25, -0.2) is 0 Å². The normalized spacial score (nSPS) is 14.9. The minimum absolute atomic E-state index is 0.206. The highest BCUT2D eigenvalue weighted by Gasteiger charge is 2.55. The van der Waals surface area contributed by atoms with Crippen LogP contribution in [0.25, 0.3) is 22.3 Å². The Morgan fingerprint density at radius 2 is 0.655 bits per heavy atom. The first-order valence-electron chi connectivity index (χ1n) is 19.0. The first-order valence-corrected chi connectivity index (χ1v) is 19.8. The fraction of sp³-hybridized carbons (Fsp3) is 0.130. The molecule has 0 fully saturated rings. The molecule has 0 amide bonds. The number of fused-ring (bicyclic) bond motifs is 17. The largest absolute Gasteiger partial charge is 0.431 e. The molecular formula is C46H38B2N4O2S. The molecule has 0 spiro atoms. The van der Waals surface area contributed by atoms with E-state index >= 15 is 0 Å². The summed E-state index contributed by atoms with van der Waals surface area (Å²) in [5.41, 5.74) is 13.4. The highest BCUT2D eigenvalue weighted by molar-refractivity contribution is 7.35. The summed E-state index contributed by atoms with van der Waals surface area (Å²) in [4.78, 5) is 9.91. The summed E-state index contributed by atoms with van der Waals surface area (Å²) in [7, 11) is 0. The number of thiophene rings is 1. The molecule has 55 heavy (non-hydrogen) atoms. The number of nitrogens with zero attached hydrogens (tertiary/aromatic N) is 4. The van der Waals surface area contributed by atoms with E-state index in [9.17, 15) is 10.2 Å². The maximum Gasteiger partial charge on any atom is 0.431 e. The molecule has 0 saturated carbocycles. The van der Waals surface area contributed by atoms with Gasteiger partial charge in [0.1, 0.15) is 0 Å². The maximum absolute atomic E-state index is 11.6. The summed E-state index contributed by atoms with van der Waals surface area (Å²) in [6.07, 6.45) is 0. The molecule has 0 atom stereocenters. The van der Waals surface area contributed by atoms with Gasteiger partial charge in [0.2, 0.25) is 0 Å². The molecule has 2 N–H and O–H groups in total. The van der Waals surface area contributed by atoms with Crippen LogP contribution < -0.4 is 28.8 Å². The van der Waals surface area contributed by atoms with Gasteiger partial charge in [0.25, 0.3) is 0 Å². The number of aliphatic hydroxyl groups is 2. The van der Waals surface area contributed by atoms with Gasteiger partial charge in [-0.1, -0.05) is 97.1 Å². The number of para-hydroxylation sites is 8. The van der Waals surface area contributed by atoms with Crippen LogP contribution in [0, 0.1) is 0 Å². The Morgan fingerprint density at radius 3 is 1.00 bits per heavy atom. The Hall–Kier alpha value is -5.73. The van der Waals surface area contributed by atoms with Crippen LogP contribution >= 0.6 is 11.3 Å². The summed E-state index contributed by atoms with van der Waals surface area (Å²) in [6.45, 7) is 7.09. The molecule has 6 aromatic carbocycles. The minimum Gasteiger partial charge on any atom is -0.386 e. The molecule has 5 heterocycles. The number of anilines is 8. The fourth-order valence-corrected chi connectivity index (χ4v) is 11.1. The Bertz CT molecular complexity index is 2530. The molecule has 266 valence electrons. The van der Waals surface area contributed by atoms with E-state index in [0.717, 1.165) is 56.6 Å². The molecular weight excluding hydrogens is 694 g/mol. The number of hydrogen-bond donors (Lipinski definition) is 2. The first kappa shape index (κ1) is 32.7. The molecule has 0 radical (unpaired) electrons. The Labute approximate surface area is 326 Å². The second kappa shape index (κ2) is 11.4.